The Hall–Kier alpha value is -3.19. The lowest BCUT2D eigenvalue weighted by molar-refractivity contribution is -0.129. The number of nitrogens with one attached hydrogen (secondary N) is 2. The number of thiazole rings is 1. The maximum Gasteiger partial charge on any atom is 0.276 e. The van der Waals surface area contributed by atoms with Crippen LogP contribution in [-0.2, 0) is 16.0 Å². The van der Waals surface area contributed by atoms with Crippen LogP contribution in [0.3, 0.4) is 0 Å². The van der Waals surface area contributed by atoms with Gasteiger partial charge in [-0.25, -0.2) is 4.98 Å². The lowest BCUT2D eigenvalue weighted by Crippen LogP contribution is -2.44. The average molecular weight is 395 g/mol. The molecular formula is C21H21N3O3S. The van der Waals surface area contributed by atoms with Gasteiger partial charge in [-0.05, 0) is 31.0 Å². The molecule has 1 aromatic heterocycles. The van der Waals surface area contributed by atoms with E-state index in [0.717, 1.165) is 21.7 Å². The molecule has 0 aliphatic carbocycles. The first-order valence-corrected chi connectivity index (χ1v) is 9.67. The second kappa shape index (κ2) is 9.14. The van der Waals surface area contributed by atoms with Gasteiger partial charge in [0.15, 0.2) is 6.61 Å². The molecule has 0 radical (unpaired) electrons. The second-order valence-corrected chi connectivity index (χ2v) is 7.20. The number of benzene rings is 2. The van der Waals surface area contributed by atoms with Crippen molar-refractivity contribution in [3.05, 3.63) is 70.7 Å². The number of ether oxygens (including phenoxy) is 1. The van der Waals surface area contributed by atoms with E-state index in [4.69, 9.17) is 4.74 Å². The summed E-state index contributed by atoms with van der Waals surface area (Å²) in [5, 5.41) is 2.70. The van der Waals surface area contributed by atoms with E-state index in [0.29, 0.717) is 11.4 Å². The molecule has 0 fully saturated rings. The van der Waals surface area contributed by atoms with Crippen LogP contribution in [0, 0.1) is 13.8 Å². The molecule has 3 aromatic rings. The molecule has 6 nitrogen and oxygen atoms in total. The van der Waals surface area contributed by atoms with Crippen molar-refractivity contribution in [2.24, 2.45) is 0 Å². The van der Waals surface area contributed by atoms with Gasteiger partial charge in [0, 0.05) is 10.9 Å². The van der Waals surface area contributed by atoms with E-state index in [1.807, 2.05) is 67.8 Å². The maximum absolute atomic E-state index is 12.0. The zero-order valence-electron chi connectivity index (χ0n) is 15.7. The molecule has 28 heavy (non-hydrogen) atoms. The van der Waals surface area contributed by atoms with E-state index in [9.17, 15) is 9.59 Å². The number of rotatable bonds is 6. The molecule has 2 N–H and O–H groups in total. The van der Waals surface area contributed by atoms with Gasteiger partial charge in [0.25, 0.3) is 5.91 Å². The molecule has 0 saturated heterocycles. The number of amides is 2. The number of hydrogen-bond donors (Lipinski definition) is 2. The minimum absolute atomic E-state index is 0.0848. The summed E-state index contributed by atoms with van der Waals surface area (Å²) in [6.07, 6.45) is 0.0848. The quantitative estimate of drug-likeness (QED) is 0.628. The number of carbonyl (C=O) groups is 2. The summed E-state index contributed by atoms with van der Waals surface area (Å²) in [5.41, 5.74) is 8.40. The van der Waals surface area contributed by atoms with Gasteiger partial charge in [-0.2, -0.15) is 0 Å². The Labute approximate surface area is 167 Å². The van der Waals surface area contributed by atoms with Crippen molar-refractivity contribution in [3.63, 3.8) is 0 Å². The smallest absolute Gasteiger partial charge is 0.276 e. The molecule has 0 aliphatic rings. The Bertz CT molecular complexity index is 970. The molecule has 0 saturated carbocycles. The van der Waals surface area contributed by atoms with E-state index in [1.54, 1.807) is 0 Å². The van der Waals surface area contributed by atoms with Gasteiger partial charge in [-0.3, -0.25) is 20.4 Å². The molecule has 0 aliphatic heterocycles. The lowest BCUT2D eigenvalue weighted by atomic mass is 10.1. The minimum atomic E-state index is -0.433. The fourth-order valence-electron chi connectivity index (χ4n) is 2.49. The number of nitrogens with zero attached hydrogens (tertiary/aromatic N) is 1. The van der Waals surface area contributed by atoms with Crippen molar-refractivity contribution in [3.8, 4) is 16.3 Å². The summed E-state index contributed by atoms with van der Waals surface area (Å²) < 4.78 is 5.51. The maximum atomic E-state index is 12.0. The summed E-state index contributed by atoms with van der Waals surface area (Å²) in [6, 6.07) is 15.5. The topological polar surface area (TPSA) is 80.3 Å². The Kier molecular flexibility index (Phi) is 6.39. The highest BCUT2D eigenvalue weighted by molar-refractivity contribution is 7.13. The van der Waals surface area contributed by atoms with E-state index in [2.05, 4.69) is 15.8 Å². The standard InChI is InChI=1S/C21H21N3O3S/c1-14-8-9-15(2)18(10-14)27-12-20(26)24-23-19(25)11-17-13-28-21(22-17)16-6-4-3-5-7-16/h3-10,13H,11-12H2,1-2H3,(H,23,25)(H,24,26). The predicted molar refractivity (Wildman–Crippen MR) is 109 cm³/mol. The highest BCUT2D eigenvalue weighted by Crippen LogP contribution is 2.23. The fourth-order valence-corrected chi connectivity index (χ4v) is 3.32. The van der Waals surface area contributed by atoms with Crippen molar-refractivity contribution in [2.75, 3.05) is 6.61 Å². The third-order valence-electron chi connectivity index (χ3n) is 3.96. The third kappa shape index (κ3) is 5.40. The largest absolute Gasteiger partial charge is 0.483 e. The van der Waals surface area contributed by atoms with Gasteiger partial charge in [0.2, 0.25) is 5.91 Å². The second-order valence-electron chi connectivity index (χ2n) is 6.34. The van der Waals surface area contributed by atoms with Crippen LogP contribution in [-0.4, -0.2) is 23.4 Å². The molecule has 7 heteroatoms. The molecule has 3 rings (SSSR count). The Morgan fingerprint density at radius 3 is 2.57 bits per heavy atom. The van der Waals surface area contributed by atoms with Crippen molar-refractivity contribution >= 4 is 23.2 Å². The van der Waals surface area contributed by atoms with Crippen LogP contribution >= 0.6 is 11.3 Å². The first kappa shape index (κ1) is 19.6. The summed E-state index contributed by atoms with van der Waals surface area (Å²) >= 11 is 1.48. The number of carbonyl (C=O) groups excluding carboxylic acids is 2. The monoisotopic (exact) mass is 395 g/mol. The average Bonchev–Trinajstić information content (AvgIpc) is 3.16. The normalized spacial score (nSPS) is 10.4. The van der Waals surface area contributed by atoms with E-state index in [1.165, 1.54) is 11.3 Å². The van der Waals surface area contributed by atoms with Gasteiger partial charge in [0.1, 0.15) is 10.8 Å². The highest BCUT2D eigenvalue weighted by atomic mass is 32.1. The van der Waals surface area contributed by atoms with Gasteiger partial charge in [-0.15, -0.1) is 11.3 Å². The molecule has 0 spiro atoms. The summed E-state index contributed by atoms with van der Waals surface area (Å²) in [5.74, 6) is -0.125. The SMILES string of the molecule is Cc1ccc(C)c(OCC(=O)NNC(=O)Cc2csc(-c3ccccc3)n2)c1. The van der Waals surface area contributed by atoms with Crippen LogP contribution in [0.2, 0.25) is 0 Å². The number of hydrazine groups is 1. The molecule has 144 valence electrons. The summed E-state index contributed by atoms with van der Waals surface area (Å²) in [4.78, 5) is 28.4. The third-order valence-corrected chi connectivity index (χ3v) is 4.90. The van der Waals surface area contributed by atoms with Crippen LogP contribution in [0.15, 0.2) is 53.9 Å². The van der Waals surface area contributed by atoms with Gasteiger partial charge in [0.05, 0.1) is 12.1 Å². The molecule has 1 heterocycles. The van der Waals surface area contributed by atoms with Crippen LogP contribution in [0.4, 0.5) is 0 Å². The summed E-state index contributed by atoms with van der Waals surface area (Å²) in [6.45, 7) is 3.68. The minimum Gasteiger partial charge on any atom is -0.483 e. The first-order chi connectivity index (χ1) is 13.5. The number of aromatic nitrogens is 1. The first-order valence-electron chi connectivity index (χ1n) is 8.79. The van der Waals surface area contributed by atoms with E-state index < -0.39 is 5.91 Å². The van der Waals surface area contributed by atoms with Crippen LogP contribution < -0.4 is 15.6 Å². The van der Waals surface area contributed by atoms with E-state index >= 15 is 0 Å². The Balaban J connectivity index is 1.45. The van der Waals surface area contributed by atoms with Crippen molar-refractivity contribution in [1.29, 1.82) is 0 Å². The summed E-state index contributed by atoms with van der Waals surface area (Å²) in [7, 11) is 0. The molecule has 2 amide bonds. The van der Waals surface area contributed by atoms with Gasteiger partial charge in [-0.1, -0.05) is 42.5 Å². The van der Waals surface area contributed by atoms with Gasteiger partial charge < -0.3 is 4.74 Å². The van der Waals surface area contributed by atoms with Gasteiger partial charge >= 0.3 is 0 Å². The van der Waals surface area contributed by atoms with Crippen molar-refractivity contribution < 1.29 is 14.3 Å². The highest BCUT2D eigenvalue weighted by Gasteiger charge is 2.11. The van der Waals surface area contributed by atoms with Crippen LogP contribution in [0.1, 0.15) is 16.8 Å². The molecule has 0 atom stereocenters. The molecule has 0 unspecified atom stereocenters. The Morgan fingerprint density at radius 1 is 1.04 bits per heavy atom. The lowest BCUT2D eigenvalue weighted by Gasteiger charge is -2.10. The van der Waals surface area contributed by atoms with Crippen LogP contribution in [0.25, 0.3) is 10.6 Å². The zero-order chi connectivity index (χ0) is 19.9. The molecular weight excluding hydrogens is 374 g/mol. The zero-order valence-corrected chi connectivity index (χ0v) is 16.5. The Morgan fingerprint density at radius 2 is 1.79 bits per heavy atom. The predicted octanol–water partition coefficient (Wildman–Crippen LogP) is 3.20. The van der Waals surface area contributed by atoms with E-state index in [-0.39, 0.29) is 18.9 Å². The van der Waals surface area contributed by atoms with Crippen LogP contribution in [0.5, 0.6) is 5.75 Å². The molecule has 2 aromatic carbocycles. The number of hydrogen-bond acceptors (Lipinski definition) is 5. The van der Waals surface area contributed by atoms with Crippen molar-refractivity contribution in [2.45, 2.75) is 20.3 Å². The fraction of sp³-hybridized carbons (Fsp3) is 0.190. The molecule has 0 bridgehead atoms. The van der Waals surface area contributed by atoms with Crippen molar-refractivity contribution in [1.82, 2.24) is 15.8 Å². The number of aryl methyl sites for hydroxylation is 2.